The van der Waals surface area contributed by atoms with Gasteiger partial charge in [0.1, 0.15) is 5.69 Å². The van der Waals surface area contributed by atoms with Gasteiger partial charge >= 0.3 is 0 Å². The highest BCUT2D eigenvalue weighted by atomic mass is 32.2. The number of rotatable bonds is 8. The first kappa shape index (κ1) is 14.0. The van der Waals surface area contributed by atoms with E-state index in [0.717, 1.165) is 11.4 Å². The number of hydrogen-bond donors (Lipinski definition) is 1. The Morgan fingerprint density at radius 2 is 2.47 bits per heavy atom. The maximum atomic E-state index is 11.3. The summed E-state index contributed by atoms with van der Waals surface area (Å²) in [6.07, 6.45) is 4.37. The van der Waals surface area contributed by atoms with Crippen LogP contribution in [0.4, 0.5) is 0 Å². The maximum Gasteiger partial charge on any atom is 0.220 e. The van der Waals surface area contributed by atoms with Crippen molar-refractivity contribution in [2.24, 2.45) is 0 Å². The zero-order valence-corrected chi connectivity index (χ0v) is 11.0. The minimum atomic E-state index is 0.0802. The van der Waals surface area contributed by atoms with Crippen molar-refractivity contribution in [3.05, 3.63) is 11.9 Å². The Morgan fingerprint density at radius 3 is 3.18 bits per heavy atom. The lowest BCUT2D eigenvalue weighted by molar-refractivity contribution is -0.120. The molecule has 0 saturated carbocycles. The van der Waals surface area contributed by atoms with Crippen molar-refractivity contribution in [1.82, 2.24) is 20.3 Å². The van der Waals surface area contributed by atoms with Crippen molar-refractivity contribution < 1.29 is 9.53 Å². The summed E-state index contributed by atoms with van der Waals surface area (Å²) in [6.45, 7) is 1.66. The lowest BCUT2D eigenvalue weighted by atomic mass is 10.4. The van der Waals surface area contributed by atoms with Gasteiger partial charge in [-0.15, -0.1) is 5.10 Å². The fourth-order valence-electron chi connectivity index (χ4n) is 1.25. The van der Waals surface area contributed by atoms with Crippen molar-refractivity contribution in [3.63, 3.8) is 0 Å². The van der Waals surface area contributed by atoms with E-state index >= 15 is 0 Å². The van der Waals surface area contributed by atoms with E-state index in [2.05, 4.69) is 15.6 Å². The molecule has 0 aliphatic heterocycles. The smallest absolute Gasteiger partial charge is 0.220 e. The Kier molecular flexibility index (Phi) is 6.64. The van der Waals surface area contributed by atoms with Gasteiger partial charge in [-0.05, 0) is 6.26 Å². The van der Waals surface area contributed by atoms with Crippen LogP contribution in [-0.2, 0) is 22.7 Å². The van der Waals surface area contributed by atoms with Gasteiger partial charge in [-0.25, -0.2) is 0 Å². The predicted octanol–water partition coefficient (Wildman–Crippen LogP) is 0.294. The molecule has 1 aromatic heterocycles. The van der Waals surface area contributed by atoms with Crippen LogP contribution in [-0.4, -0.2) is 46.6 Å². The fourth-order valence-corrected chi connectivity index (χ4v) is 1.64. The molecule has 0 saturated heterocycles. The van der Waals surface area contributed by atoms with Crippen LogP contribution in [0.2, 0.25) is 0 Å². The molecule has 1 rings (SSSR count). The summed E-state index contributed by atoms with van der Waals surface area (Å²) in [4.78, 5) is 11.3. The summed E-state index contributed by atoms with van der Waals surface area (Å²) in [6, 6.07) is 0. The highest BCUT2D eigenvalue weighted by molar-refractivity contribution is 7.98. The number of hydrogen-bond acceptors (Lipinski definition) is 5. The van der Waals surface area contributed by atoms with E-state index in [1.54, 1.807) is 23.6 Å². The molecule has 0 atom stereocenters. The van der Waals surface area contributed by atoms with Crippen molar-refractivity contribution in [2.45, 2.75) is 19.6 Å². The molecule has 0 aromatic carbocycles. The molecule has 1 aromatic rings. The number of thioether (sulfide) groups is 1. The molecule has 1 amide bonds. The topological polar surface area (TPSA) is 69.0 Å². The second-order valence-corrected chi connectivity index (χ2v) is 4.48. The van der Waals surface area contributed by atoms with Gasteiger partial charge in [0.25, 0.3) is 0 Å². The number of ether oxygens (including phenoxy) is 1. The first-order valence-electron chi connectivity index (χ1n) is 5.40. The summed E-state index contributed by atoms with van der Waals surface area (Å²) in [7, 11) is 1.62. The number of nitrogens with one attached hydrogen (secondary N) is 1. The molecule has 0 fully saturated rings. The molecular formula is C10H18N4O2S. The maximum absolute atomic E-state index is 11.3. The molecule has 0 bridgehead atoms. The monoisotopic (exact) mass is 258 g/mol. The number of aromatic nitrogens is 3. The van der Waals surface area contributed by atoms with Gasteiger partial charge in [-0.2, -0.15) is 11.8 Å². The molecule has 0 aliphatic carbocycles. The average molecular weight is 258 g/mol. The quantitative estimate of drug-likeness (QED) is 0.726. The van der Waals surface area contributed by atoms with E-state index < -0.39 is 0 Å². The van der Waals surface area contributed by atoms with Crippen molar-refractivity contribution in [3.8, 4) is 0 Å². The number of methoxy groups -OCH3 is 1. The van der Waals surface area contributed by atoms with Crippen LogP contribution in [0.15, 0.2) is 6.20 Å². The van der Waals surface area contributed by atoms with Crippen molar-refractivity contribution in [2.75, 3.05) is 25.7 Å². The second-order valence-electron chi connectivity index (χ2n) is 3.50. The molecule has 17 heavy (non-hydrogen) atoms. The summed E-state index contributed by atoms with van der Waals surface area (Å²) in [5.74, 6) is 0.934. The van der Waals surface area contributed by atoms with Gasteiger partial charge in [0.2, 0.25) is 5.91 Å². The summed E-state index contributed by atoms with van der Waals surface area (Å²) < 4.78 is 6.64. The van der Waals surface area contributed by atoms with E-state index in [-0.39, 0.29) is 5.91 Å². The molecule has 96 valence electrons. The molecule has 0 unspecified atom stereocenters. The largest absolute Gasteiger partial charge is 0.378 e. The molecule has 0 radical (unpaired) electrons. The Bertz CT molecular complexity index is 343. The molecule has 0 spiro atoms. The van der Waals surface area contributed by atoms with E-state index in [1.165, 1.54) is 0 Å². The third-order valence-electron chi connectivity index (χ3n) is 2.07. The van der Waals surface area contributed by atoms with Gasteiger partial charge in [0.15, 0.2) is 0 Å². The first-order valence-corrected chi connectivity index (χ1v) is 6.79. The molecule has 6 nitrogen and oxygen atoms in total. The Balaban J connectivity index is 2.19. The van der Waals surface area contributed by atoms with Crippen LogP contribution in [0.3, 0.4) is 0 Å². The van der Waals surface area contributed by atoms with E-state index in [4.69, 9.17) is 4.74 Å². The molecular weight excluding hydrogens is 240 g/mol. The normalized spacial score (nSPS) is 10.5. The number of amides is 1. The average Bonchev–Trinajstić information content (AvgIpc) is 2.75. The zero-order chi connectivity index (χ0) is 12.5. The minimum Gasteiger partial charge on any atom is -0.378 e. The van der Waals surface area contributed by atoms with Crippen molar-refractivity contribution >= 4 is 17.7 Å². The molecule has 1 heterocycles. The third kappa shape index (κ3) is 5.69. The predicted molar refractivity (Wildman–Crippen MR) is 66.7 cm³/mol. The Hall–Kier alpha value is -1.08. The van der Waals surface area contributed by atoms with Crippen LogP contribution in [0.5, 0.6) is 0 Å². The summed E-state index contributed by atoms with van der Waals surface area (Å²) in [5, 5.41) is 10.7. The highest BCUT2D eigenvalue weighted by Crippen LogP contribution is 1.95. The van der Waals surface area contributed by atoms with Gasteiger partial charge in [0, 0.05) is 25.8 Å². The SMILES string of the molecule is COCc1cn(CCNC(=O)CCSC)nn1. The van der Waals surface area contributed by atoms with E-state index in [9.17, 15) is 4.79 Å². The summed E-state index contributed by atoms with van der Waals surface area (Å²) in [5.41, 5.74) is 0.793. The Labute approximate surface area is 105 Å². The van der Waals surface area contributed by atoms with Crippen LogP contribution in [0, 0.1) is 0 Å². The second kappa shape index (κ2) is 8.08. The Morgan fingerprint density at radius 1 is 1.65 bits per heavy atom. The van der Waals surface area contributed by atoms with Crippen LogP contribution in [0.1, 0.15) is 12.1 Å². The third-order valence-corrected chi connectivity index (χ3v) is 2.69. The molecule has 1 N–H and O–H groups in total. The number of carbonyl (C=O) groups is 1. The van der Waals surface area contributed by atoms with Gasteiger partial charge in [0.05, 0.1) is 19.3 Å². The van der Waals surface area contributed by atoms with E-state index in [0.29, 0.717) is 26.1 Å². The standard InChI is InChI=1S/C10H18N4O2S/c1-16-8-9-7-14(13-12-9)5-4-11-10(15)3-6-17-2/h7H,3-6,8H2,1-2H3,(H,11,15). The first-order chi connectivity index (χ1) is 8.26. The van der Waals surface area contributed by atoms with Gasteiger partial charge in [-0.3, -0.25) is 9.48 Å². The van der Waals surface area contributed by atoms with Crippen molar-refractivity contribution in [1.29, 1.82) is 0 Å². The molecule has 0 aliphatic rings. The fraction of sp³-hybridized carbons (Fsp3) is 0.700. The molecule has 7 heteroatoms. The summed E-state index contributed by atoms with van der Waals surface area (Å²) >= 11 is 1.67. The van der Waals surface area contributed by atoms with Crippen LogP contribution >= 0.6 is 11.8 Å². The zero-order valence-electron chi connectivity index (χ0n) is 10.2. The van der Waals surface area contributed by atoms with Gasteiger partial charge < -0.3 is 10.1 Å². The highest BCUT2D eigenvalue weighted by Gasteiger charge is 2.02. The lowest BCUT2D eigenvalue weighted by Crippen LogP contribution is -2.27. The van der Waals surface area contributed by atoms with E-state index in [1.807, 2.05) is 12.5 Å². The van der Waals surface area contributed by atoms with Crippen LogP contribution < -0.4 is 5.32 Å². The lowest BCUT2D eigenvalue weighted by Gasteiger charge is -2.03. The number of nitrogens with zero attached hydrogens (tertiary/aromatic N) is 3. The number of carbonyl (C=O) groups excluding carboxylic acids is 1. The minimum absolute atomic E-state index is 0.0802. The van der Waals surface area contributed by atoms with Crippen LogP contribution in [0.25, 0.3) is 0 Å². The van der Waals surface area contributed by atoms with Gasteiger partial charge in [-0.1, -0.05) is 5.21 Å².